The number of aryl methyl sites for hydroxylation is 1. The summed E-state index contributed by atoms with van der Waals surface area (Å²) in [6.45, 7) is 0.804. The maximum Gasteiger partial charge on any atom is 0.298 e. The summed E-state index contributed by atoms with van der Waals surface area (Å²) in [7, 11) is 0. The van der Waals surface area contributed by atoms with Crippen molar-refractivity contribution in [2.45, 2.75) is 19.3 Å². The van der Waals surface area contributed by atoms with Crippen molar-refractivity contribution in [3.8, 4) is 0 Å². The Labute approximate surface area is 77.6 Å². The molecule has 0 N–H and O–H groups in total. The van der Waals surface area contributed by atoms with Crippen molar-refractivity contribution in [2.75, 3.05) is 5.88 Å². The molecule has 12 heavy (non-hydrogen) atoms. The zero-order valence-electron chi connectivity index (χ0n) is 6.35. The summed E-state index contributed by atoms with van der Waals surface area (Å²) in [6.07, 6.45) is 0.495. The SMILES string of the molecule is CC(F)(F)c1nnc(CCCl)s1. The lowest BCUT2D eigenvalue weighted by atomic mass is 10.4. The highest BCUT2D eigenvalue weighted by atomic mass is 35.5. The van der Waals surface area contributed by atoms with E-state index in [1.807, 2.05) is 0 Å². The third kappa shape index (κ3) is 2.35. The Bertz CT molecular complexity index is 258. The summed E-state index contributed by atoms with van der Waals surface area (Å²) < 4.78 is 25.2. The smallest absolute Gasteiger partial charge is 0.199 e. The Balaban J connectivity index is 2.77. The van der Waals surface area contributed by atoms with E-state index >= 15 is 0 Å². The molecule has 1 rings (SSSR count). The van der Waals surface area contributed by atoms with Gasteiger partial charge in [-0.15, -0.1) is 21.8 Å². The molecular formula is C6H7ClF2N2S. The normalized spacial score (nSPS) is 12.0. The molecule has 6 heteroatoms. The van der Waals surface area contributed by atoms with Gasteiger partial charge in [0.25, 0.3) is 5.92 Å². The molecule has 0 atom stereocenters. The third-order valence-electron chi connectivity index (χ3n) is 1.15. The molecule has 0 aliphatic heterocycles. The molecule has 0 fully saturated rings. The average Bonchev–Trinajstić information content (AvgIpc) is 2.35. The maximum atomic E-state index is 12.6. The van der Waals surface area contributed by atoms with Crippen molar-refractivity contribution in [3.63, 3.8) is 0 Å². The fourth-order valence-corrected chi connectivity index (χ4v) is 1.67. The zero-order valence-corrected chi connectivity index (χ0v) is 7.92. The molecule has 0 aliphatic carbocycles. The van der Waals surface area contributed by atoms with Crippen molar-refractivity contribution in [3.05, 3.63) is 10.0 Å². The lowest BCUT2D eigenvalue weighted by Gasteiger charge is -2.02. The van der Waals surface area contributed by atoms with Crippen LogP contribution >= 0.6 is 22.9 Å². The van der Waals surface area contributed by atoms with E-state index in [1.165, 1.54) is 0 Å². The molecule has 0 saturated carbocycles. The number of nitrogens with zero attached hydrogens (tertiary/aromatic N) is 2. The van der Waals surface area contributed by atoms with Gasteiger partial charge in [-0.2, -0.15) is 8.78 Å². The minimum absolute atomic E-state index is 0.248. The van der Waals surface area contributed by atoms with Crippen molar-refractivity contribution < 1.29 is 8.78 Å². The number of halogens is 3. The van der Waals surface area contributed by atoms with Crippen molar-refractivity contribution in [1.29, 1.82) is 0 Å². The van der Waals surface area contributed by atoms with E-state index in [0.717, 1.165) is 18.3 Å². The summed E-state index contributed by atoms with van der Waals surface area (Å²) >= 11 is 6.32. The Morgan fingerprint density at radius 2 is 2.17 bits per heavy atom. The van der Waals surface area contributed by atoms with Gasteiger partial charge < -0.3 is 0 Å². The molecule has 0 saturated heterocycles. The lowest BCUT2D eigenvalue weighted by molar-refractivity contribution is 0.0165. The monoisotopic (exact) mass is 212 g/mol. The minimum atomic E-state index is -2.89. The van der Waals surface area contributed by atoms with Gasteiger partial charge >= 0.3 is 0 Å². The first-order valence-corrected chi connectivity index (χ1v) is 4.66. The molecule has 0 radical (unpaired) electrons. The molecule has 2 nitrogen and oxygen atoms in total. The second-order valence-electron chi connectivity index (χ2n) is 2.33. The second kappa shape index (κ2) is 3.62. The van der Waals surface area contributed by atoms with E-state index in [1.54, 1.807) is 0 Å². The summed E-state index contributed by atoms with van der Waals surface area (Å²) in [4.78, 5) is 0. The van der Waals surface area contributed by atoms with Crippen LogP contribution in [0, 0.1) is 0 Å². The van der Waals surface area contributed by atoms with Crippen LogP contribution in [0.25, 0.3) is 0 Å². The molecule has 1 aromatic rings. The van der Waals surface area contributed by atoms with Crippen LogP contribution in [-0.4, -0.2) is 16.1 Å². The number of hydrogen-bond acceptors (Lipinski definition) is 3. The van der Waals surface area contributed by atoms with Gasteiger partial charge in [0.2, 0.25) is 0 Å². The van der Waals surface area contributed by atoms with E-state index in [0.29, 0.717) is 17.3 Å². The largest absolute Gasteiger partial charge is 0.298 e. The van der Waals surface area contributed by atoms with Crippen LogP contribution in [-0.2, 0) is 12.3 Å². The van der Waals surface area contributed by atoms with Crippen LogP contribution in [0.3, 0.4) is 0 Å². The standard InChI is InChI=1S/C6H7ClF2N2S/c1-6(8,9)5-11-10-4(12-5)2-3-7/h2-3H2,1H3. The summed E-state index contributed by atoms with van der Waals surface area (Å²) in [5.41, 5.74) is 0. The number of alkyl halides is 3. The van der Waals surface area contributed by atoms with Crippen molar-refractivity contribution in [2.24, 2.45) is 0 Å². The molecule has 1 heterocycles. The Kier molecular flexibility index (Phi) is 2.95. The quantitative estimate of drug-likeness (QED) is 0.720. The number of hydrogen-bond donors (Lipinski definition) is 0. The van der Waals surface area contributed by atoms with Crippen LogP contribution in [0.4, 0.5) is 8.78 Å². The molecule has 0 aromatic carbocycles. The predicted octanol–water partition coefficient (Wildman–Crippen LogP) is 2.43. The summed E-state index contributed by atoms with van der Waals surface area (Å²) in [5.74, 6) is -2.51. The molecule has 68 valence electrons. The molecule has 1 aromatic heterocycles. The molecule has 0 bridgehead atoms. The van der Waals surface area contributed by atoms with Gasteiger partial charge in [0.05, 0.1) is 0 Å². The number of aromatic nitrogens is 2. The van der Waals surface area contributed by atoms with Gasteiger partial charge in [-0.3, -0.25) is 0 Å². The Morgan fingerprint density at radius 3 is 2.58 bits per heavy atom. The van der Waals surface area contributed by atoms with Crippen LogP contribution in [0.15, 0.2) is 0 Å². The lowest BCUT2D eigenvalue weighted by Crippen LogP contribution is -2.05. The van der Waals surface area contributed by atoms with E-state index < -0.39 is 5.92 Å². The van der Waals surface area contributed by atoms with Crippen LogP contribution < -0.4 is 0 Å². The van der Waals surface area contributed by atoms with Crippen molar-refractivity contribution >= 4 is 22.9 Å². The van der Waals surface area contributed by atoms with E-state index in [2.05, 4.69) is 10.2 Å². The molecule has 0 aliphatic rings. The van der Waals surface area contributed by atoms with Crippen LogP contribution in [0.5, 0.6) is 0 Å². The molecule has 0 amide bonds. The van der Waals surface area contributed by atoms with Crippen LogP contribution in [0.1, 0.15) is 16.9 Å². The van der Waals surface area contributed by atoms with Gasteiger partial charge in [-0.1, -0.05) is 11.3 Å². The zero-order chi connectivity index (χ0) is 9.19. The second-order valence-corrected chi connectivity index (χ2v) is 3.77. The fourth-order valence-electron chi connectivity index (χ4n) is 0.613. The first kappa shape index (κ1) is 9.80. The Morgan fingerprint density at radius 1 is 1.50 bits per heavy atom. The predicted molar refractivity (Wildman–Crippen MR) is 43.9 cm³/mol. The molecule has 0 spiro atoms. The van der Waals surface area contributed by atoms with Crippen LogP contribution in [0.2, 0.25) is 0 Å². The van der Waals surface area contributed by atoms with E-state index in [9.17, 15) is 8.78 Å². The topological polar surface area (TPSA) is 25.8 Å². The minimum Gasteiger partial charge on any atom is -0.199 e. The van der Waals surface area contributed by atoms with E-state index in [-0.39, 0.29) is 5.01 Å². The highest BCUT2D eigenvalue weighted by Gasteiger charge is 2.29. The number of rotatable bonds is 3. The van der Waals surface area contributed by atoms with Gasteiger partial charge in [0, 0.05) is 19.2 Å². The molecule has 0 unspecified atom stereocenters. The highest BCUT2D eigenvalue weighted by Crippen LogP contribution is 2.29. The van der Waals surface area contributed by atoms with Gasteiger partial charge in [-0.25, -0.2) is 0 Å². The van der Waals surface area contributed by atoms with E-state index in [4.69, 9.17) is 11.6 Å². The Hall–Kier alpha value is -0.290. The first-order chi connectivity index (χ1) is 5.54. The highest BCUT2D eigenvalue weighted by molar-refractivity contribution is 7.11. The van der Waals surface area contributed by atoms with Gasteiger partial charge in [0.15, 0.2) is 5.01 Å². The first-order valence-electron chi connectivity index (χ1n) is 3.30. The maximum absolute atomic E-state index is 12.6. The summed E-state index contributed by atoms with van der Waals surface area (Å²) in [5, 5.41) is 7.25. The molecular weight excluding hydrogens is 206 g/mol. The van der Waals surface area contributed by atoms with Gasteiger partial charge in [0.1, 0.15) is 5.01 Å². The fraction of sp³-hybridized carbons (Fsp3) is 0.667. The average molecular weight is 213 g/mol. The van der Waals surface area contributed by atoms with Crippen molar-refractivity contribution in [1.82, 2.24) is 10.2 Å². The van der Waals surface area contributed by atoms with Gasteiger partial charge in [-0.05, 0) is 0 Å². The summed E-state index contributed by atoms with van der Waals surface area (Å²) in [6, 6.07) is 0. The third-order valence-corrected chi connectivity index (χ3v) is 2.49.